The first-order valence-corrected chi connectivity index (χ1v) is 5.45. The second-order valence-electron chi connectivity index (χ2n) is 3.93. The maximum absolute atomic E-state index is 10.5. The lowest BCUT2D eigenvalue weighted by Crippen LogP contribution is -2.30. The standard InChI is InChI=1S/C12H16N2O3/c1-9-2-3-10(7-13-9)6-11(14-8-15)4-5-12(16)17/h2-3,7-8,11H,4-6H2,1H3,(H,14,15)(H,16,17). The zero-order valence-corrected chi connectivity index (χ0v) is 9.72. The van der Waals surface area contributed by atoms with Crippen molar-refractivity contribution < 1.29 is 14.7 Å². The van der Waals surface area contributed by atoms with Gasteiger partial charge in [0.1, 0.15) is 0 Å². The van der Waals surface area contributed by atoms with Crippen molar-refractivity contribution in [3.05, 3.63) is 29.6 Å². The van der Waals surface area contributed by atoms with Gasteiger partial charge in [-0.1, -0.05) is 6.07 Å². The molecule has 17 heavy (non-hydrogen) atoms. The lowest BCUT2D eigenvalue weighted by molar-refractivity contribution is -0.137. The Morgan fingerprint density at radius 2 is 2.35 bits per heavy atom. The normalized spacial score (nSPS) is 11.8. The minimum atomic E-state index is -0.857. The molecule has 0 aliphatic carbocycles. The van der Waals surface area contributed by atoms with E-state index >= 15 is 0 Å². The van der Waals surface area contributed by atoms with E-state index in [4.69, 9.17) is 5.11 Å². The zero-order chi connectivity index (χ0) is 12.7. The van der Waals surface area contributed by atoms with Gasteiger partial charge in [-0.15, -0.1) is 0 Å². The summed E-state index contributed by atoms with van der Waals surface area (Å²) < 4.78 is 0. The van der Waals surface area contributed by atoms with Crippen molar-refractivity contribution in [1.29, 1.82) is 0 Å². The number of aromatic nitrogens is 1. The fourth-order valence-corrected chi connectivity index (χ4v) is 1.54. The first-order valence-electron chi connectivity index (χ1n) is 5.45. The van der Waals surface area contributed by atoms with Gasteiger partial charge in [0.05, 0.1) is 0 Å². The number of aliphatic carboxylic acids is 1. The van der Waals surface area contributed by atoms with E-state index in [1.165, 1.54) is 0 Å². The quantitative estimate of drug-likeness (QED) is 0.690. The molecule has 1 unspecified atom stereocenters. The highest BCUT2D eigenvalue weighted by atomic mass is 16.4. The molecule has 0 aliphatic rings. The van der Waals surface area contributed by atoms with Crippen molar-refractivity contribution >= 4 is 12.4 Å². The monoisotopic (exact) mass is 236 g/mol. The van der Waals surface area contributed by atoms with Crippen LogP contribution in [0.5, 0.6) is 0 Å². The molecule has 0 bridgehead atoms. The molecule has 1 rings (SSSR count). The van der Waals surface area contributed by atoms with E-state index in [1.807, 2.05) is 19.1 Å². The van der Waals surface area contributed by atoms with Crippen LogP contribution in [0, 0.1) is 6.92 Å². The summed E-state index contributed by atoms with van der Waals surface area (Å²) >= 11 is 0. The molecule has 2 N–H and O–H groups in total. The average Bonchev–Trinajstić information content (AvgIpc) is 2.29. The number of carbonyl (C=O) groups excluding carboxylic acids is 1. The average molecular weight is 236 g/mol. The summed E-state index contributed by atoms with van der Waals surface area (Å²) in [6, 6.07) is 3.67. The van der Waals surface area contributed by atoms with Gasteiger partial charge in [0.2, 0.25) is 6.41 Å². The topological polar surface area (TPSA) is 79.3 Å². The fourth-order valence-electron chi connectivity index (χ4n) is 1.54. The van der Waals surface area contributed by atoms with Crippen molar-refractivity contribution in [3.8, 4) is 0 Å². The third-order valence-electron chi connectivity index (χ3n) is 2.47. The Bertz CT molecular complexity index is 376. The highest BCUT2D eigenvalue weighted by Crippen LogP contribution is 2.07. The minimum Gasteiger partial charge on any atom is -0.481 e. The number of pyridine rings is 1. The molecule has 0 saturated carbocycles. The second kappa shape index (κ2) is 6.62. The van der Waals surface area contributed by atoms with Crippen LogP contribution in [-0.4, -0.2) is 28.5 Å². The Labute approximate surface area is 99.9 Å². The molecule has 0 aliphatic heterocycles. The van der Waals surface area contributed by atoms with E-state index in [0.29, 0.717) is 19.3 Å². The van der Waals surface area contributed by atoms with E-state index in [9.17, 15) is 9.59 Å². The minimum absolute atomic E-state index is 0.0464. The molecule has 0 spiro atoms. The van der Waals surface area contributed by atoms with Gasteiger partial charge in [0.25, 0.3) is 0 Å². The number of nitrogens with one attached hydrogen (secondary N) is 1. The third-order valence-corrected chi connectivity index (χ3v) is 2.47. The Balaban J connectivity index is 2.56. The lowest BCUT2D eigenvalue weighted by atomic mass is 10.0. The predicted molar refractivity (Wildman–Crippen MR) is 62.5 cm³/mol. The molecule has 1 aromatic heterocycles. The van der Waals surface area contributed by atoms with Crippen LogP contribution in [0.1, 0.15) is 24.1 Å². The smallest absolute Gasteiger partial charge is 0.303 e. The van der Waals surface area contributed by atoms with Crippen LogP contribution in [0.25, 0.3) is 0 Å². The highest BCUT2D eigenvalue weighted by molar-refractivity contribution is 5.66. The maximum Gasteiger partial charge on any atom is 0.303 e. The molecule has 1 aromatic rings. The molecule has 0 aromatic carbocycles. The van der Waals surface area contributed by atoms with Crippen LogP contribution in [0.15, 0.2) is 18.3 Å². The van der Waals surface area contributed by atoms with Crippen molar-refractivity contribution in [2.45, 2.75) is 32.2 Å². The molecule has 1 atom stereocenters. The third kappa shape index (κ3) is 5.10. The first kappa shape index (κ1) is 13.2. The van der Waals surface area contributed by atoms with Gasteiger partial charge < -0.3 is 10.4 Å². The molecule has 5 heteroatoms. The number of rotatable bonds is 7. The van der Waals surface area contributed by atoms with Crippen LogP contribution in [0.3, 0.4) is 0 Å². The van der Waals surface area contributed by atoms with E-state index in [0.717, 1.165) is 11.3 Å². The molecule has 92 valence electrons. The molecule has 5 nitrogen and oxygen atoms in total. The summed E-state index contributed by atoms with van der Waals surface area (Å²) in [6.45, 7) is 1.90. The summed E-state index contributed by atoms with van der Waals surface area (Å²) in [4.78, 5) is 25.1. The number of carboxylic acids is 1. The molecular weight excluding hydrogens is 220 g/mol. The zero-order valence-electron chi connectivity index (χ0n) is 9.72. The Hall–Kier alpha value is -1.91. The molecule has 0 saturated heterocycles. The number of hydrogen-bond donors (Lipinski definition) is 2. The first-order chi connectivity index (χ1) is 8.11. The summed E-state index contributed by atoms with van der Waals surface area (Å²) in [5.41, 5.74) is 1.92. The molecule has 0 fully saturated rings. The fraction of sp³-hybridized carbons (Fsp3) is 0.417. The van der Waals surface area contributed by atoms with Crippen LogP contribution in [-0.2, 0) is 16.0 Å². The Morgan fingerprint density at radius 3 is 2.88 bits per heavy atom. The summed E-state index contributed by atoms with van der Waals surface area (Å²) in [7, 11) is 0. The predicted octanol–water partition coefficient (Wildman–Crippen LogP) is 0.912. The van der Waals surface area contributed by atoms with Crippen LogP contribution in [0.2, 0.25) is 0 Å². The Kier molecular flexibility index (Phi) is 5.13. The van der Waals surface area contributed by atoms with E-state index in [2.05, 4.69) is 10.3 Å². The SMILES string of the molecule is Cc1ccc(CC(CCC(=O)O)NC=O)cn1. The number of aryl methyl sites for hydroxylation is 1. The van der Waals surface area contributed by atoms with Crippen LogP contribution < -0.4 is 5.32 Å². The highest BCUT2D eigenvalue weighted by Gasteiger charge is 2.10. The summed E-state index contributed by atoms with van der Waals surface area (Å²) in [5, 5.41) is 11.2. The second-order valence-corrected chi connectivity index (χ2v) is 3.93. The number of carboxylic acid groups (broad SMARTS) is 1. The largest absolute Gasteiger partial charge is 0.481 e. The molecular formula is C12H16N2O3. The Morgan fingerprint density at radius 1 is 1.59 bits per heavy atom. The van der Waals surface area contributed by atoms with Crippen molar-refractivity contribution in [1.82, 2.24) is 10.3 Å². The number of hydrogen-bond acceptors (Lipinski definition) is 3. The molecule has 1 amide bonds. The molecule has 0 radical (unpaired) electrons. The number of nitrogens with zero attached hydrogens (tertiary/aromatic N) is 1. The van der Waals surface area contributed by atoms with Crippen molar-refractivity contribution in [2.24, 2.45) is 0 Å². The summed E-state index contributed by atoms with van der Waals surface area (Å²) in [5.74, 6) is -0.857. The van der Waals surface area contributed by atoms with Gasteiger partial charge in [-0.05, 0) is 31.4 Å². The van der Waals surface area contributed by atoms with Gasteiger partial charge in [-0.3, -0.25) is 14.6 Å². The van der Waals surface area contributed by atoms with Gasteiger partial charge in [0, 0.05) is 24.4 Å². The van der Waals surface area contributed by atoms with E-state index in [1.54, 1.807) is 6.20 Å². The van der Waals surface area contributed by atoms with E-state index in [-0.39, 0.29) is 12.5 Å². The van der Waals surface area contributed by atoms with Gasteiger partial charge >= 0.3 is 5.97 Å². The number of carbonyl (C=O) groups is 2. The van der Waals surface area contributed by atoms with Crippen LogP contribution >= 0.6 is 0 Å². The van der Waals surface area contributed by atoms with E-state index < -0.39 is 5.97 Å². The van der Waals surface area contributed by atoms with Gasteiger partial charge in [-0.25, -0.2) is 0 Å². The van der Waals surface area contributed by atoms with Crippen molar-refractivity contribution in [2.75, 3.05) is 0 Å². The van der Waals surface area contributed by atoms with Crippen LogP contribution in [0.4, 0.5) is 0 Å². The molecule has 1 heterocycles. The van der Waals surface area contributed by atoms with Crippen molar-refractivity contribution in [3.63, 3.8) is 0 Å². The van der Waals surface area contributed by atoms with Gasteiger partial charge in [-0.2, -0.15) is 0 Å². The van der Waals surface area contributed by atoms with Gasteiger partial charge in [0.15, 0.2) is 0 Å². The summed E-state index contributed by atoms with van der Waals surface area (Å²) in [6.07, 6.45) is 3.41. The lowest BCUT2D eigenvalue weighted by Gasteiger charge is -2.14. The number of amides is 1. The maximum atomic E-state index is 10.5.